The van der Waals surface area contributed by atoms with Crippen molar-refractivity contribution in [3.63, 3.8) is 0 Å². The van der Waals surface area contributed by atoms with Crippen molar-refractivity contribution < 1.29 is 38.5 Å². The molecule has 49 heavy (non-hydrogen) atoms. The van der Waals surface area contributed by atoms with Gasteiger partial charge in [-0.2, -0.15) is 0 Å². The lowest BCUT2D eigenvalue weighted by atomic mass is 9.70. The number of benzene rings is 1. The van der Waals surface area contributed by atoms with Gasteiger partial charge in [0.1, 0.15) is 17.7 Å². The van der Waals surface area contributed by atoms with E-state index in [1.807, 2.05) is 30.3 Å². The second-order valence-electron chi connectivity index (χ2n) is 13.3. The van der Waals surface area contributed by atoms with Crippen LogP contribution in [0.25, 0.3) is 0 Å². The van der Waals surface area contributed by atoms with Gasteiger partial charge in [0.2, 0.25) is 17.7 Å². The van der Waals surface area contributed by atoms with Gasteiger partial charge in [-0.1, -0.05) is 58.4 Å². The molecule has 0 saturated carbocycles. The number of likely N-dealkylation sites (tertiary alicyclic amines) is 1. The molecule has 8 atom stereocenters. The van der Waals surface area contributed by atoms with Gasteiger partial charge in [-0.05, 0) is 31.7 Å². The molecule has 5 rings (SSSR count). The highest BCUT2D eigenvalue weighted by molar-refractivity contribution is 9.09. The van der Waals surface area contributed by atoms with E-state index < -0.39 is 53.6 Å². The Kier molecular flexibility index (Phi) is 12.7. The second kappa shape index (κ2) is 16.7. The summed E-state index contributed by atoms with van der Waals surface area (Å²) in [5.41, 5.74) is -0.421. The Balaban J connectivity index is 1.44. The van der Waals surface area contributed by atoms with Crippen molar-refractivity contribution >= 4 is 39.6 Å². The summed E-state index contributed by atoms with van der Waals surface area (Å²) in [5, 5.41) is 13.5. The quantitative estimate of drug-likeness (QED) is 0.139. The van der Waals surface area contributed by atoms with Crippen LogP contribution in [0.2, 0.25) is 0 Å². The fourth-order valence-electron chi connectivity index (χ4n) is 7.75. The highest BCUT2D eigenvalue weighted by atomic mass is 79.9. The minimum atomic E-state index is -1.32. The van der Waals surface area contributed by atoms with E-state index in [0.717, 1.165) is 18.7 Å². The number of aliphatic hydroxyl groups is 1. The van der Waals surface area contributed by atoms with Crippen LogP contribution in [0.15, 0.2) is 55.6 Å². The number of aliphatic hydroxyl groups excluding tert-OH is 1. The molecule has 0 aliphatic carbocycles. The third-order valence-corrected chi connectivity index (χ3v) is 10.9. The van der Waals surface area contributed by atoms with Crippen molar-refractivity contribution in [2.24, 2.45) is 11.8 Å². The van der Waals surface area contributed by atoms with Gasteiger partial charge in [0, 0.05) is 44.0 Å². The van der Waals surface area contributed by atoms with E-state index in [-0.39, 0.29) is 42.8 Å². The molecule has 4 aliphatic heterocycles. The maximum absolute atomic E-state index is 14.8. The molecule has 4 saturated heterocycles. The molecular formula is C36H49BrN4O8. The van der Waals surface area contributed by atoms with Crippen LogP contribution in [0.4, 0.5) is 0 Å². The molecule has 3 amide bonds. The summed E-state index contributed by atoms with van der Waals surface area (Å²) < 4.78 is 18.0. The number of carbonyl (C=O) groups is 4. The SMILES string of the molecule is C=CCCC(=O)NC[C@H](C)OC(=O)[C@@H]1[C@H]2O[C@@]3(CC2Br)[C@H](C(=O)N(CC=C)CCN2CCOCC2)N([C@@H](CO)Cc2ccccc2)C(=O)[C@@H]13. The molecule has 1 aromatic rings. The summed E-state index contributed by atoms with van der Waals surface area (Å²) in [5.74, 6) is -3.48. The number of ether oxygens (including phenoxy) is 3. The highest BCUT2D eigenvalue weighted by Gasteiger charge is 2.77. The predicted octanol–water partition coefficient (Wildman–Crippen LogP) is 1.70. The number of nitrogens with one attached hydrogen (secondary N) is 1. The van der Waals surface area contributed by atoms with Gasteiger partial charge in [0.15, 0.2) is 0 Å². The molecular weight excluding hydrogens is 696 g/mol. The summed E-state index contributed by atoms with van der Waals surface area (Å²) in [6.45, 7) is 13.0. The summed E-state index contributed by atoms with van der Waals surface area (Å²) in [7, 11) is 0. The minimum absolute atomic E-state index is 0.109. The molecule has 4 aliphatic rings. The Morgan fingerprint density at radius 1 is 1.20 bits per heavy atom. The zero-order valence-corrected chi connectivity index (χ0v) is 29.8. The maximum atomic E-state index is 14.8. The molecule has 0 aromatic heterocycles. The fourth-order valence-corrected chi connectivity index (χ4v) is 8.69. The van der Waals surface area contributed by atoms with E-state index in [9.17, 15) is 24.3 Å². The number of morpholine rings is 1. The lowest BCUT2D eigenvalue weighted by molar-refractivity contribution is -0.160. The molecule has 13 heteroatoms. The van der Waals surface area contributed by atoms with Crippen LogP contribution in [0.3, 0.4) is 0 Å². The monoisotopic (exact) mass is 744 g/mol. The number of rotatable bonds is 17. The van der Waals surface area contributed by atoms with Crippen LogP contribution < -0.4 is 5.32 Å². The van der Waals surface area contributed by atoms with Crippen molar-refractivity contribution in [2.45, 2.75) is 67.3 Å². The number of fused-ring (bicyclic) bond motifs is 1. The lowest BCUT2D eigenvalue weighted by Crippen LogP contribution is -2.60. The number of hydrogen-bond acceptors (Lipinski definition) is 9. The number of amides is 3. The van der Waals surface area contributed by atoms with E-state index in [1.54, 1.807) is 24.0 Å². The van der Waals surface area contributed by atoms with Gasteiger partial charge >= 0.3 is 5.97 Å². The van der Waals surface area contributed by atoms with Gasteiger partial charge in [0.25, 0.3) is 0 Å². The topological polar surface area (TPSA) is 138 Å². The molecule has 12 nitrogen and oxygen atoms in total. The van der Waals surface area contributed by atoms with Gasteiger partial charge in [-0.25, -0.2) is 0 Å². The third-order valence-electron chi connectivity index (χ3n) is 10.1. The first-order valence-corrected chi connectivity index (χ1v) is 18.1. The third kappa shape index (κ3) is 7.96. The van der Waals surface area contributed by atoms with E-state index in [4.69, 9.17) is 14.2 Å². The van der Waals surface area contributed by atoms with Gasteiger partial charge in [0.05, 0.1) is 50.3 Å². The van der Waals surface area contributed by atoms with Crippen LogP contribution in [0.5, 0.6) is 0 Å². The largest absolute Gasteiger partial charge is 0.460 e. The summed E-state index contributed by atoms with van der Waals surface area (Å²) in [6.07, 6.45) is 3.41. The van der Waals surface area contributed by atoms with Crippen LogP contribution >= 0.6 is 15.9 Å². The van der Waals surface area contributed by atoms with Crippen LogP contribution in [-0.2, 0) is 39.8 Å². The van der Waals surface area contributed by atoms with Crippen LogP contribution in [0, 0.1) is 11.8 Å². The zero-order valence-electron chi connectivity index (χ0n) is 28.2. The van der Waals surface area contributed by atoms with Crippen molar-refractivity contribution in [3.8, 4) is 0 Å². The Morgan fingerprint density at radius 2 is 1.94 bits per heavy atom. The molecule has 2 N–H and O–H groups in total. The molecule has 1 aromatic carbocycles. The molecule has 1 spiro atoms. The number of nitrogens with zero attached hydrogens (tertiary/aromatic N) is 3. The van der Waals surface area contributed by atoms with Gasteiger partial charge in [-0.3, -0.25) is 24.1 Å². The Hall–Kier alpha value is -3.10. The molecule has 0 radical (unpaired) electrons. The summed E-state index contributed by atoms with van der Waals surface area (Å²) in [6, 6.07) is 7.67. The predicted molar refractivity (Wildman–Crippen MR) is 186 cm³/mol. The van der Waals surface area contributed by atoms with Gasteiger partial charge in [-0.15, -0.1) is 13.2 Å². The number of esters is 1. The maximum Gasteiger partial charge on any atom is 0.312 e. The number of alkyl halides is 1. The van der Waals surface area contributed by atoms with Crippen LogP contribution in [-0.4, -0.2) is 137 Å². The smallest absolute Gasteiger partial charge is 0.312 e. The molecule has 4 fully saturated rings. The standard InChI is InChI=1S/C36H49BrN4O8/c1-4-6-12-28(43)38-22-24(3)48-35(46)29-30-33(44)41(26(23-42)20-25-10-8-7-9-11-25)32(36(30)21-27(37)31(29)49-36)34(45)40(13-5-2)15-14-39-16-18-47-19-17-39/h4-5,7-11,24,26-27,29-32,42H,1-2,6,12-23H2,3H3,(H,38,43)/t24-,26+,27?,29-,30+,31-,32-,36+/m0/s1. The Morgan fingerprint density at radius 3 is 2.61 bits per heavy atom. The van der Waals surface area contributed by atoms with Crippen molar-refractivity contribution in [2.75, 3.05) is 59.1 Å². The summed E-state index contributed by atoms with van der Waals surface area (Å²) >= 11 is 3.71. The number of hydrogen-bond donors (Lipinski definition) is 2. The Bertz CT molecular complexity index is 1360. The second-order valence-corrected chi connectivity index (χ2v) is 14.5. The van der Waals surface area contributed by atoms with E-state index in [0.29, 0.717) is 45.6 Å². The van der Waals surface area contributed by atoms with Crippen molar-refractivity contribution in [3.05, 3.63) is 61.2 Å². The lowest BCUT2D eigenvalue weighted by Gasteiger charge is -2.40. The number of halogens is 1. The normalized spacial score (nSPS) is 28.8. The first-order valence-electron chi connectivity index (χ1n) is 17.2. The van der Waals surface area contributed by atoms with E-state index >= 15 is 0 Å². The first-order chi connectivity index (χ1) is 23.6. The molecule has 1 unspecified atom stereocenters. The number of carbonyl (C=O) groups excluding carboxylic acids is 4. The average Bonchev–Trinajstić information content (AvgIpc) is 3.70. The van der Waals surface area contributed by atoms with Crippen molar-refractivity contribution in [1.29, 1.82) is 0 Å². The average molecular weight is 746 g/mol. The minimum Gasteiger partial charge on any atom is -0.460 e. The summed E-state index contributed by atoms with van der Waals surface area (Å²) in [4.78, 5) is 60.7. The van der Waals surface area contributed by atoms with E-state index in [1.165, 1.54) is 4.90 Å². The molecule has 268 valence electrons. The fraction of sp³-hybridized carbons (Fsp3) is 0.611. The molecule has 2 bridgehead atoms. The van der Waals surface area contributed by atoms with Gasteiger partial charge < -0.3 is 34.4 Å². The van der Waals surface area contributed by atoms with Crippen molar-refractivity contribution in [1.82, 2.24) is 20.0 Å². The molecule has 4 heterocycles. The number of allylic oxidation sites excluding steroid dienone is 1. The first kappa shape index (κ1) is 37.2. The Labute approximate surface area is 296 Å². The van der Waals surface area contributed by atoms with E-state index in [2.05, 4.69) is 39.3 Å². The highest BCUT2D eigenvalue weighted by Crippen LogP contribution is 2.60. The van der Waals surface area contributed by atoms with Crippen LogP contribution in [0.1, 0.15) is 31.7 Å². The zero-order chi connectivity index (χ0) is 35.1.